The molecule has 88 valence electrons. The Kier molecular flexibility index (Phi) is 0.825. The van der Waals surface area contributed by atoms with Crippen LogP contribution in [-0.4, -0.2) is 42.7 Å². The van der Waals surface area contributed by atoms with Gasteiger partial charge in [0.1, 0.15) is 8.65 Å². The van der Waals surface area contributed by atoms with Crippen molar-refractivity contribution < 1.29 is 26.3 Å². The van der Waals surface area contributed by atoms with Crippen molar-refractivity contribution in [3.05, 3.63) is 0 Å². The van der Waals surface area contributed by atoms with Crippen LogP contribution >= 0.6 is 31.9 Å². The molecule has 6 saturated carbocycles. The molecule has 0 aromatic heterocycles. The van der Waals surface area contributed by atoms with Crippen molar-refractivity contribution in [3.8, 4) is 0 Å². The van der Waals surface area contributed by atoms with Gasteiger partial charge in [-0.25, -0.2) is 26.3 Å². The van der Waals surface area contributed by atoms with Gasteiger partial charge in [-0.15, -0.1) is 0 Å². The lowest BCUT2D eigenvalue weighted by atomic mass is 8.93. The first-order chi connectivity index (χ1) is 7.00. The number of halogens is 8. The van der Waals surface area contributed by atoms with Gasteiger partial charge in [-0.2, -0.15) is 0 Å². The summed E-state index contributed by atoms with van der Waals surface area (Å²) in [6, 6.07) is 0. The Labute approximate surface area is 101 Å². The maximum Gasteiger partial charge on any atom is 0.210 e. The first-order valence-electron chi connectivity index (χ1n) is 4.51. The van der Waals surface area contributed by atoms with E-state index in [9.17, 15) is 26.3 Å². The SMILES string of the molecule is FC12C3(F)C4(F)C5(F)C(F)(C1(F)C35Br)C24Br. The summed E-state index contributed by atoms with van der Waals surface area (Å²) in [6.07, 6.45) is 0. The van der Waals surface area contributed by atoms with Crippen LogP contribution in [0.15, 0.2) is 0 Å². The molecule has 0 spiro atoms. The van der Waals surface area contributed by atoms with Crippen LogP contribution < -0.4 is 0 Å². The summed E-state index contributed by atoms with van der Waals surface area (Å²) < 4.78 is 78.7. The Hall–Kier alpha value is 0.540. The van der Waals surface area contributed by atoms with Crippen molar-refractivity contribution in [1.29, 1.82) is 0 Å². The molecule has 0 radical (unpaired) electrons. The van der Waals surface area contributed by atoms with Gasteiger partial charge in [-0.3, -0.25) is 0 Å². The molecule has 0 aromatic carbocycles. The molecule has 0 unspecified atom stereocenters. The zero-order valence-corrected chi connectivity index (χ0v) is 10.2. The van der Waals surface area contributed by atoms with Crippen LogP contribution in [0.5, 0.6) is 0 Å². The highest BCUT2D eigenvalue weighted by Crippen LogP contribution is 3.18. The van der Waals surface area contributed by atoms with Gasteiger partial charge in [-0.1, -0.05) is 31.9 Å². The minimum atomic E-state index is -3.31. The van der Waals surface area contributed by atoms with Crippen LogP contribution in [-0.2, 0) is 0 Å². The summed E-state index contributed by atoms with van der Waals surface area (Å²) in [5.41, 5.74) is -19.9. The lowest BCUT2D eigenvalue weighted by Gasteiger charge is -3.14. The number of alkyl halides is 8. The highest BCUT2D eigenvalue weighted by molar-refractivity contribution is 9.11. The van der Waals surface area contributed by atoms with Crippen molar-refractivity contribution in [1.82, 2.24) is 0 Å². The maximum absolute atomic E-state index is 14.0. The lowest BCUT2D eigenvalue weighted by Crippen LogP contribution is -3.45. The van der Waals surface area contributed by atoms with Crippen molar-refractivity contribution >= 4 is 31.9 Å². The van der Waals surface area contributed by atoms with E-state index < -0.39 is 42.7 Å². The molecule has 6 aliphatic carbocycles. The molecule has 6 aliphatic rings. The first-order valence-corrected chi connectivity index (χ1v) is 6.10. The first kappa shape index (κ1) is 9.47. The van der Waals surface area contributed by atoms with E-state index in [0.29, 0.717) is 0 Å². The molecule has 6 rings (SSSR count). The normalized spacial score (nSPS) is 97.5. The molecule has 0 aromatic rings. The van der Waals surface area contributed by atoms with E-state index in [1.807, 2.05) is 0 Å². The maximum atomic E-state index is 14.0. The van der Waals surface area contributed by atoms with Crippen molar-refractivity contribution in [3.63, 3.8) is 0 Å². The van der Waals surface area contributed by atoms with Gasteiger partial charge in [0.25, 0.3) is 0 Å². The van der Waals surface area contributed by atoms with E-state index >= 15 is 0 Å². The van der Waals surface area contributed by atoms with Gasteiger partial charge in [-0.05, 0) is 0 Å². The molecule has 0 bridgehead atoms. The molecule has 0 heterocycles. The molecule has 6 fully saturated rings. The summed E-state index contributed by atoms with van der Waals surface area (Å²) in [7, 11) is 0. The van der Waals surface area contributed by atoms with Crippen molar-refractivity contribution in [2.24, 2.45) is 0 Å². The zero-order valence-electron chi connectivity index (χ0n) is 7.02. The number of hydrogen-bond acceptors (Lipinski definition) is 0. The van der Waals surface area contributed by atoms with E-state index in [2.05, 4.69) is 31.9 Å². The van der Waals surface area contributed by atoms with E-state index in [4.69, 9.17) is 0 Å². The van der Waals surface area contributed by atoms with Gasteiger partial charge in [0.05, 0.1) is 0 Å². The molecule has 16 heavy (non-hydrogen) atoms. The third kappa shape index (κ3) is 0.226. The smallest absolute Gasteiger partial charge is 0.210 e. The minimum absolute atomic E-state index is 2.35. The van der Waals surface area contributed by atoms with Crippen LogP contribution in [0.2, 0.25) is 0 Å². The fourth-order valence-electron chi connectivity index (χ4n) is 5.32. The molecule has 0 aliphatic heterocycles. The van der Waals surface area contributed by atoms with E-state index in [0.717, 1.165) is 0 Å². The summed E-state index contributed by atoms with van der Waals surface area (Å²) in [5, 5.41) is 0. The monoisotopic (exact) mass is 368 g/mol. The highest BCUT2D eigenvalue weighted by atomic mass is 79.9. The number of hydrogen-bond donors (Lipinski definition) is 0. The zero-order chi connectivity index (χ0) is 12.0. The Morgan fingerprint density at radius 1 is 0.438 bits per heavy atom. The summed E-state index contributed by atoms with van der Waals surface area (Å²) in [6.45, 7) is 0. The van der Waals surface area contributed by atoms with Crippen LogP contribution in [0.3, 0.4) is 0 Å². The molecule has 0 nitrogen and oxygen atoms in total. The van der Waals surface area contributed by atoms with Gasteiger partial charge in [0, 0.05) is 0 Å². The average Bonchev–Trinajstić information content (AvgIpc) is 2.27. The molecule has 0 saturated heterocycles. The molecule has 8 heteroatoms. The van der Waals surface area contributed by atoms with Crippen molar-refractivity contribution in [2.45, 2.75) is 42.7 Å². The fourth-order valence-corrected chi connectivity index (χ4v) is 8.60. The quantitative estimate of drug-likeness (QED) is 0.455. The topological polar surface area (TPSA) is 0 Å². The third-order valence-corrected chi connectivity index (χ3v) is 8.97. The van der Waals surface area contributed by atoms with Crippen LogP contribution in [0.4, 0.5) is 26.3 Å². The largest absolute Gasteiger partial charge is 0.234 e. The summed E-state index contributed by atoms with van der Waals surface area (Å²) in [4.78, 5) is 0. The van der Waals surface area contributed by atoms with E-state index in [1.165, 1.54) is 0 Å². The van der Waals surface area contributed by atoms with Crippen LogP contribution in [0, 0.1) is 0 Å². The standard InChI is InChI=1S/C8Br2F6/c9-1-3(11)6(14)2(10)7(3,15)5(1,13)8(2,16)4(1,6)12. The Morgan fingerprint density at radius 2 is 0.562 bits per heavy atom. The molecule has 0 N–H and O–H groups in total. The Morgan fingerprint density at radius 3 is 0.688 bits per heavy atom. The van der Waals surface area contributed by atoms with E-state index in [1.54, 1.807) is 0 Å². The van der Waals surface area contributed by atoms with Gasteiger partial charge < -0.3 is 0 Å². The van der Waals surface area contributed by atoms with Gasteiger partial charge in [0.15, 0.2) is 0 Å². The summed E-state index contributed by atoms with van der Waals surface area (Å²) in [5.74, 6) is 0. The van der Waals surface area contributed by atoms with Crippen LogP contribution in [0.1, 0.15) is 0 Å². The predicted octanol–water partition coefficient (Wildman–Crippen LogP) is 2.57. The van der Waals surface area contributed by atoms with E-state index in [-0.39, 0.29) is 0 Å². The van der Waals surface area contributed by atoms with Gasteiger partial charge in [0.2, 0.25) is 34.0 Å². The fraction of sp³-hybridized carbons (Fsp3) is 1.00. The lowest BCUT2D eigenvalue weighted by molar-refractivity contribution is -0.713. The summed E-state index contributed by atoms with van der Waals surface area (Å²) >= 11 is 4.70. The minimum Gasteiger partial charge on any atom is -0.234 e. The van der Waals surface area contributed by atoms with Crippen molar-refractivity contribution in [2.75, 3.05) is 0 Å². The Balaban J connectivity index is 1.95. The second-order valence-electron chi connectivity index (χ2n) is 5.27. The molecular formula is C8Br2F6. The molecule has 0 amide bonds. The number of rotatable bonds is 0. The second-order valence-corrected chi connectivity index (χ2v) is 7.65. The third-order valence-electron chi connectivity index (χ3n) is 5.70. The molecule has 0 atom stereocenters. The van der Waals surface area contributed by atoms with Crippen LogP contribution in [0.25, 0.3) is 0 Å². The average molecular weight is 370 g/mol. The van der Waals surface area contributed by atoms with Gasteiger partial charge >= 0.3 is 0 Å². The molecular weight excluding hydrogens is 370 g/mol. The Bertz CT molecular complexity index is 339. The highest BCUT2D eigenvalue weighted by Gasteiger charge is 3.48. The predicted molar refractivity (Wildman–Crippen MR) is 46.4 cm³/mol. The second kappa shape index (κ2) is 1.39.